The summed E-state index contributed by atoms with van der Waals surface area (Å²) in [7, 11) is 0. The van der Waals surface area contributed by atoms with E-state index >= 15 is 0 Å². The SMILES string of the molecule is CCc1cccc(CNC[C@@H](OC(=O)CCC(=O)c2ccc(F)c(F)c2)[C@@H](N)Cc2cc(F)cc(F)c2)c1. The summed E-state index contributed by atoms with van der Waals surface area (Å²) >= 11 is 0. The van der Waals surface area contributed by atoms with E-state index in [0.29, 0.717) is 12.1 Å². The Morgan fingerprint density at radius 3 is 2.26 bits per heavy atom. The Morgan fingerprint density at radius 2 is 1.58 bits per heavy atom. The number of benzene rings is 3. The Labute approximate surface area is 219 Å². The number of ketones is 1. The minimum atomic E-state index is -1.16. The second kappa shape index (κ2) is 13.8. The van der Waals surface area contributed by atoms with E-state index in [2.05, 4.69) is 5.32 Å². The average Bonchev–Trinajstić information content (AvgIpc) is 2.87. The standard InChI is InChI=1S/C29H30F4N2O3/c1-2-18-4-3-5-19(10-18)16-35-17-28(26(34)13-20-11-22(30)15-23(31)12-20)38-29(37)9-8-27(36)21-6-7-24(32)25(33)14-21/h3-7,10-12,14-15,26,28,35H,2,8-9,13,16-17,34H2,1H3/t26-,28+/m0/s1. The van der Waals surface area contributed by atoms with Gasteiger partial charge in [-0.1, -0.05) is 31.2 Å². The third-order valence-electron chi connectivity index (χ3n) is 6.03. The molecule has 0 saturated carbocycles. The number of aryl methyl sites for hydroxylation is 1. The fourth-order valence-corrected chi connectivity index (χ4v) is 3.99. The molecule has 3 aromatic rings. The molecule has 3 aromatic carbocycles. The molecule has 0 aromatic heterocycles. The lowest BCUT2D eigenvalue weighted by atomic mass is 10.0. The Bertz CT molecular complexity index is 1250. The van der Waals surface area contributed by atoms with Gasteiger partial charge in [0.1, 0.15) is 17.7 Å². The molecule has 38 heavy (non-hydrogen) atoms. The van der Waals surface area contributed by atoms with Gasteiger partial charge in [0, 0.05) is 37.2 Å². The van der Waals surface area contributed by atoms with Gasteiger partial charge in [-0.15, -0.1) is 0 Å². The Hall–Kier alpha value is -3.56. The molecule has 0 spiro atoms. The summed E-state index contributed by atoms with van der Waals surface area (Å²) in [5.41, 5.74) is 8.73. The summed E-state index contributed by atoms with van der Waals surface area (Å²) in [6, 6.07) is 13.0. The van der Waals surface area contributed by atoms with Crippen LogP contribution in [0.25, 0.3) is 0 Å². The number of hydrogen-bond acceptors (Lipinski definition) is 5. The quantitative estimate of drug-likeness (QED) is 0.184. The minimum Gasteiger partial charge on any atom is -0.459 e. The van der Waals surface area contributed by atoms with Crippen molar-refractivity contribution < 1.29 is 31.9 Å². The Morgan fingerprint density at radius 1 is 0.868 bits per heavy atom. The maximum Gasteiger partial charge on any atom is 0.306 e. The number of nitrogens with one attached hydrogen (secondary N) is 1. The molecule has 0 radical (unpaired) electrons. The fourth-order valence-electron chi connectivity index (χ4n) is 3.99. The third kappa shape index (κ3) is 8.78. The smallest absolute Gasteiger partial charge is 0.306 e. The molecule has 3 rings (SSSR count). The molecule has 0 amide bonds. The zero-order chi connectivity index (χ0) is 27.7. The third-order valence-corrected chi connectivity index (χ3v) is 6.03. The first-order valence-electron chi connectivity index (χ1n) is 12.3. The number of carbonyl (C=O) groups is 2. The molecule has 0 aliphatic heterocycles. The van der Waals surface area contributed by atoms with Crippen molar-refractivity contribution in [1.29, 1.82) is 0 Å². The molecule has 0 bridgehead atoms. The Kier molecular flexibility index (Phi) is 10.6. The number of esters is 1. The lowest BCUT2D eigenvalue weighted by molar-refractivity contribution is -0.149. The van der Waals surface area contributed by atoms with Crippen LogP contribution in [-0.2, 0) is 28.9 Å². The van der Waals surface area contributed by atoms with Crippen LogP contribution in [0.15, 0.2) is 60.7 Å². The van der Waals surface area contributed by atoms with Gasteiger partial charge in [-0.25, -0.2) is 17.6 Å². The van der Waals surface area contributed by atoms with E-state index in [4.69, 9.17) is 10.5 Å². The van der Waals surface area contributed by atoms with Gasteiger partial charge in [0.25, 0.3) is 0 Å². The molecular formula is C29H30F4N2O3. The largest absolute Gasteiger partial charge is 0.459 e. The number of hydrogen-bond donors (Lipinski definition) is 2. The predicted molar refractivity (Wildman–Crippen MR) is 135 cm³/mol. The van der Waals surface area contributed by atoms with Crippen LogP contribution in [0.1, 0.15) is 46.8 Å². The van der Waals surface area contributed by atoms with E-state index in [0.717, 1.165) is 48.4 Å². The van der Waals surface area contributed by atoms with Crippen LogP contribution in [-0.4, -0.2) is 30.4 Å². The first kappa shape index (κ1) is 29.0. The van der Waals surface area contributed by atoms with Crippen molar-refractivity contribution in [3.8, 4) is 0 Å². The highest BCUT2D eigenvalue weighted by atomic mass is 19.2. The number of Topliss-reactive ketones (excluding diaryl/α,β-unsaturated/α-hetero) is 1. The highest BCUT2D eigenvalue weighted by molar-refractivity contribution is 5.97. The molecule has 0 fully saturated rings. The molecule has 3 N–H and O–H groups in total. The maximum atomic E-state index is 13.7. The molecule has 202 valence electrons. The fraction of sp³-hybridized carbons (Fsp3) is 0.310. The summed E-state index contributed by atoms with van der Waals surface area (Å²) in [4.78, 5) is 24.9. The van der Waals surface area contributed by atoms with Crippen LogP contribution in [0.3, 0.4) is 0 Å². The van der Waals surface area contributed by atoms with Gasteiger partial charge in [-0.05, 0) is 59.9 Å². The van der Waals surface area contributed by atoms with Crippen molar-refractivity contribution in [3.63, 3.8) is 0 Å². The maximum absolute atomic E-state index is 13.7. The normalized spacial score (nSPS) is 12.7. The number of nitrogens with two attached hydrogens (primary N) is 1. The van der Waals surface area contributed by atoms with Gasteiger partial charge in [0.05, 0.1) is 6.42 Å². The molecule has 0 unspecified atom stereocenters. The first-order chi connectivity index (χ1) is 18.1. The van der Waals surface area contributed by atoms with Crippen LogP contribution < -0.4 is 11.1 Å². The lowest BCUT2D eigenvalue weighted by Gasteiger charge is -2.25. The van der Waals surface area contributed by atoms with Crippen molar-refractivity contribution in [2.45, 2.75) is 51.3 Å². The molecule has 0 saturated heterocycles. The number of halogens is 4. The van der Waals surface area contributed by atoms with E-state index in [1.54, 1.807) is 0 Å². The molecule has 5 nitrogen and oxygen atoms in total. The van der Waals surface area contributed by atoms with Crippen molar-refractivity contribution >= 4 is 11.8 Å². The molecule has 0 aliphatic carbocycles. The molecule has 2 atom stereocenters. The number of rotatable bonds is 13. The van der Waals surface area contributed by atoms with Crippen LogP contribution in [0.4, 0.5) is 17.6 Å². The van der Waals surface area contributed by atoms with Gasteiger partial charge in [-0.3, -0.25) is 9.59 Å². The van der Waals surface area contributed by atoms with E-state index in [1.165, 1.54) is 5.56 Å². The van der Waals surface area contributed by atoms with Gasteiger partial charge in [0.2, 0.25) is 0 Å². The lowest BCUT2D eigenvalue weighted by Crippen LogP contribution is -2.46. The average molecular weight is 531 g/mol. The Balaban J connectivity index is 1.63. The van der Waals surface area contributed by atoms with Gasteiger partial charge >= 0.3 is 5.97 Å². The predicted octanol–water partition coefficient (Wildman–Crippen LogP) is 5.04. The van der Waals surface area contributed by atoms with Crippen LogP contribution in [0, 0.1) is 23.3 Å². The van der Waals surface area contributed by atoms with Crippen molar-refractivity contribution in [2.75, 3.05) is 6.54 Å². The van der Waals surface area contributed by atoms with Crippen molar-refractivity contribution in [1.82, 2.24) is 5.32 Å². The summed E-state index contributed by atoms with van der Waals surface area (Å²) in [6.07, 6.45) is -0.548. The highest BCUT2D eigenvalue weighted by Crippen LogP contribution is 2.15. The van der Waals surface area contributed by atoms with E-state index in [9.17, 15) is 27.2 Å². The second-order valence-corrected chi connectivity index (χ2v) is 9.03. The van der Waals surface area contributed by atoms with E-state index in [-0.39, 0.29) is 31.4 Å². The van der Waals surface area contributed by atoms with Crippen LogP contribution >= 0.6 is 0 Å². The molecule has 0 aliphatic rings. The van der Waals surface area contributed by atoms with E-state index < -0.39 is 47.2 Å². The topological polar surface area (TPSA) is 81.4 Å². The second-order valence-electron chi connectivity index (χ2n) is 9.03. The zero-order valence-electron chi connectivity index (χ0n) is 21.0. The number of ether oxygens (including phenoxy) is 1. The molecular weight excluding hydrogens is 500 g/mol. The summed E-state index contributed by atoms with van der Waals surface area (Å²) in [5, 5.41) is 3.20. The first-order valence-corrected chi connectivity index (χ1v) is 12.3. The summed E-state index contributed by atoms with van der Waals surface area (Å²) in [5.74, 6) is -5.00. The number of carbonyl (C=O) groups excluding carboxylic acids is 2. The van der Waals surface area contributed by atoms with E-state index in [1.807, 2.05) is 31.2 Å². The molecule has 0 heterocycles. The summed E-state index contributed by atoms with van der Waals surface area (Å²) < 4.78 is 59.4. The zero-order valence-corrected chi connectivity index (χ0v) is 21.0. The van der Waals surface area contributed by atoms with Gasteiger partial charge in [-0.2, -0.15) is 0 Å². The van der Waals surface area contributed by atoms with Crippen LogP contribution in [0.2, 0.25) is 0 Å². The van der Waals surface area contributed by atoms with Crippen LogP contribution in [0.5, 0.6) is 0 Å². The minimum absolute atomic E-state index is 0.0351. The summed E-state index contributed by atoms with van der Waals surface area (Å²) in [6.45, 7) is 2.67. The van der Waals surface area contributed by atoms with Gasteiger partial charge < -0.3 is 15.8 Å². The van der Waals surface area contributed by atoms with Gasteiger partial charge in [0.15, 0.2) is 17.4 Å². The van der Waals surface area contributed by atoms with Crippen molar-refractivity contribution in [2.24, 2.45) is 5.73 Å². The molecule has 9 heteroatoms. The van der Waals surface area contributed by atoms with Crippen molar-refractivity contribution in [3.05, 3.63) is 106 Å². The highest BCUT2D eigenvalue weighted by Gasteiger charge is 2.24. The monoisotopic (exact) mass is 530 g/mol.